The lowest BCUT2D eigenvalue weighted by Gasteiger charge is -2.33. The van der Waals surface area contributed by atoms with Gasteiger partial charge in [-0.1, -0.05) is 39.8 Å². The Labute approximate surface area is 148 Å². The normalized spacial score (nSPS) is 31.0. The molecule has 1 saturated carbocycles. The maximum absolute atomic E-state index is 10.6. The van der Waals surface area contributed by atoms with Crippen LogP contribution >= 0.6 is 0 Å². The Balaban J connectivity index is 2.05. The van der Waals surface area contributed by atoms with E-state index in [0.717, 1.165) is 35.1 Å². The van der Waals surface area contributed by atoms with E-state index >= 15 is 0 Å². The van der Waals surface area contributed by atoms with E-state index in [1.807, 2.05) is 12.1 Å². The van der Waals surface area contributed by atoms with Crippen molar-refractivity contribution in [2.24, 2.45) is 5.41 Å². The molecule has 4 N–H and O–H groups in total. The second kappa shape index (κ2) is 4.49. The smallest absolute Gasteiger partial charge is 0.190 e. The van der Waals surface area contributed by atoms with E-state index in [9.17, 15) is 20.4 Å². The first-order chi connectivity index (χ1) is 11.4. The summed E-state index contributed by atoms with van der Waals surface area (Å²) >= 11 is 0. The third-order valence-electron chi connectivity index (χ3n) is 6.28. The van der Waals surface area contributed by atoms with Gasteiger partial charge in [0, 0.05) is 11.0 Å². The molecular weight excluding hydrogens is 316 g/mol. The molecule has 4 rings (SSSR count). The molecule has 0 aromatic heterocycles. The number of phenolic OH excluding ortho intramolecular Hbond substituents is 1. The van der Waals surface area contributed by atoms with E-state index in [-0.39, 0.29) is 28.8 Å². The average molecular weight is 342 g/mol. The lowest BCUT2D eigenvalue weighted by atomic mass is 9.72. The summed E-state index contributed by atoms with van der Waals surface area (Å²) in [7, 11) is 0. The van der Waals surface area contributed by atoms with Crippen molar-refractivity contribution in [2.45, 2.75) is 63.6 Å². The Morgan fingerprint density at radius 3 is 2.24 bits per heavy atom. The number of aromatic hydroxyl groups is 1. The third kappa shape index (κ3) is 2.07. The van der Waals surface area contributed by atoms with Gasteiger partial charge in [0.25, 0.3) is 0 Å². The monoisotopic (exact) mass is 342 g/mol. The SMILES string of the molecule is CC1(C)CC2(CC(C)(C)c3c(O)cccc32)C2=CC(O)(O)CC(O)=C21. The van der Waals surface area contributed by atoms with Gasteiger partial charge in [-0.15, -0.1) is 0 Å². The van der Waals surface area contributed by atoms with E-state index < -0.39 is 11.2 Å². The third-order valence-corrected chi connectivity index (χ3v) is 6.28. The summed E-state index contributed by atoms with van der Waals surface area (Å²) in [6, 6.07) is 5.59. The molecule has 3 aliphatic rings. The van der Waals surface area contributed by atoms with Crippen molar-refractivity contribution in [1.29, 1.82) is 0 Å². The summed E-state index contributed by atoms with van der Waals surface area (Å²) in [5.41, 5.74) is 2.66. The van der Waals surface area contributed by atoms with Gasteiger partial charge in [-0.25, -0.2) is 0 Å². The minimum absolute atomic E-state index is 0.0655. The molecule has 1 spiro atoms. The fourth-order valence-electron chi connectivity index (χ4n) is 5.90. The van der Waals surface area contributed by atoms with E-state index in [4.69, 9.17) is 0 Å². The highest BCUT2D eigenvalue weighted by Gasteiger charge is 2.60. The topological polar surface area (TPSA) is 80.9 Å². The van der Waals surface area contributed by atoms with E-state index in [1.165, 1.54) is 6.08 Å². The van der Waals surface area contributed by atoms with E-state index in [0.29, 0.717) is 0 Å². The summed E-state index contributed by atoms with van der Waals surface area (Å²) in [4.78, 5) is 0. The molecule has 3 aliphatic carbocycles. The number of benzene rings is 1. The van der Waals surface area contributed by atoms with Gasteiger partial charge in [-0.2, -0.15) is 0 Å². The van der Waals surface area contributed by atoms with Crippen LogP contribution in [0.15, 0.2) is 41.2 Å². The lowest BCUT2D eigenvalue weighted by Crippen LogP contribution is -2.33. The van der Waals surface area contributed by atoms with Gasteiger partial charge in [0.15, 0.2) is 5.79 Å². The Bertz CT molecular complexity index is 841. The molecule has 0 bridgehead atoms. The van der Waals surface area contributed by atoms with Crippen LogP contribution in [0.2, 0.25) is 0 Å². The first-order valence-corrected chi connectivity index (χ1v) is 8.84. The second-order valence-electron chi connectivity index (χ2n) is 9.34. The van der Waals surface area contributed by atoms with Crippen LogP contribution in [-0.2, 0) is 10.8 Å². The summed E-state index contributed by atoms with van der Waals surface area (Å²) in [5.74, 6) is -1.69. The number of rotatable bonds is 0. The molecule has 0 amide bonds. The average Bonchev–Trinajstić information content (AvgIpc) is 2.78. The zero-order valence-electron chi connectivity index (χ0n) is 15.2. The highest BCUT2D eigenvalue weighted by Crippen LogP contribution is 2.68. The summed E-state index contributed by atoms with van der Waals surface area (Å²) in [6.45, 7) is 8.42. The van der Waals surface area contributed by atoms with Gasteiger partial charge in [-0.3, -0.25) is 0 Å². The van der Waals surface area contributed by atoms with E-state index in [2.05, 4.69) is 27.7 Å². The van der Waals surface area contributed by atoms with Crippen molar-refractivity contribution >= 4 is 0 Å². The number of phenols is 1. The van der Waals surface area contributed by atoms with Crippen LogP contribution in [0.5, 0.6) is 5.75 Å². The van der Waals surface area contributed by atoms with Crippen LogP contribution in [0, 0.1) is 5.41 Å². The van der Waals surface area contributed by atoms with Crippen molar-refractivity contribution in [3.8, 4) is 5.75 Å². The van der Waals surface area contributed by atoms with Crippen molar-refractivity contribution in [3.05, 3.63) is 52.3 Å². The number of aliphatic hydroxyl groups excluding tert-OH is 1. The van der Waals surface area contributed by atoms with Gasteiger partial charge in [0.2, 0.25) is 0 Å². The molecule has 0 heterocycles. The van der Waals surface area contributed by atoms with Crippen LogP contribution in [0.3, 0.4) is 0 Å². The molecule has 1 aromatic rings. The van der Waals surface area contributed by atoms with Crippen LogP contribution in [0.25, 0.3) is 0 Å². The Kier molecular flexibility index (Phi) is 2.99. The molecule has 0 aliphatic heterocycles. The van der Waals surface area contributed by atoms with Gasteiger partial charge < -0.3 is 20.4 Å². The predicted molar refractivity (Wildman–Crippen MR) is 95.3 cm³/mol. The highest BCUT2D eigenvalue weighted by atomic mass is 16.5. The first-order valence-electron chi connectivity index (χ1n) is 8.84. The Morgan fingerprint density at radius 1 is 0.920 bits per heavy atom. The maximum Gasteiger partial charge on any atom is 0.190 e. The Hall–Kier alpha value is -1.78. The highest BCUT2D eigenvalue weighted by molar-refractivity contribution is 5.65. The first kappa shape index (κ1) is 16.7. The van der Waals surface area contributed by atoms with Crippen LogP contribution in [0.1, 0.15) is 58.1 Å². The largest absolute Gasteiger partial charge is 0.512 e. The van der Waals surface area contributed by atoms with Gasteiger partial charge in [0.05, 0.1) is 6.42 Å². The van der Waals surface area contributed by atoms with Crippen molar-refractivity contribution in [2.75, 3.05) is 0 Å². The van der Waals surface area contributed by atoms with Crippen molar-refractivity contribution < 1.29 is 20.4 Å². The number of hydrogen-bond acceptors (Lipinski definition) is 4. The molecule has 0 radical (unpaired) electrons. The molecule has 1 unspecified atom stereocenters. The summed E-state index contributed by atoms with van der Waals surface area (Å²) in [6.07, 6.45) is 2.86. The molecule has 4 nitrogen and oxygen atoms in total. The number of hydrogen-bond donors (Lipinski definition) is 4. The Morgan fingerprint density at radius 2 is 1.56 bits per heavy atom. The zero-order chi connectivity index (χ0) is 18.4. The molecule has 1 fully saturated rings. The number of aliphatic hydroxyl groups is 3. The van der Waals surface area contributed by atoms with Crippen LogP contribution < -0.4 is 0 Å². The molecule has 25 heavy (non-hydrogen) atoms. The molecule has 4 heteroatoms. The maximum atomic E-state index is 10.6. The van der Waals surface area contributed by atoms with Gasteiger partial charge >= 0.3 is 0 Å². The fourth-order valence-corrected chi connectivity index (χ4v) is 5.90. The molecular formula is C21H26O4. The zero-order valence-corrected chi connectivity index (χ0v) is 15.2. The standard InChI is InChI=1S/C21H26O4/c1-18(2)10-20(12-6-5-7-14(22)16(12)18)11-19(3,4)17-13(20)8-21(24,25)9-15(17)23/h5-8,22-25H,9-11H2,1-4H3. The molecule has 1 aromatic carbocycles. The molecule has 0 saturated heterocycles. The van der Waals surface area contributed by atoms with Gasteiger partial charge in [0.1, 0.15) is 11.5 Å². The quantitative estimate of drug-likeness (QED) is 0.544. The van der Waals surface area contributed by atoms with E-state index in [1.54, 1.807) is 6.07 Å². The molecule has 1 atom stereocenters. The summed E-state index contributed by atoms with van der Waals surface area (Å²) in [5, 5.41) is 41.7. The second-order valence-corrected chi connectivity index (χ2v) is 9.34. The minimum Gasteiger partial charge on any atom is -0.512 e. The van der Waals surface area contributed by atoms with Crippen molar-refractivity contribution in [3.63, 3.8) is 0 Å². The van der Waals surface area contributed by atoms with Crippen LogP contribution in [-0.4, -0.2) is 26.2 Å². The molecule has 134 valence electrons. The van der Waals surface area contributed by atoms with Gasteiger partial charge in [-0.05, 0) is 52.5 Å². The summed E-state index contributed by atoms with van der Waals surface area (Å²) < 4.78 is 0. The van der Waals surface area contributed by atoms with Crippen LogP contribution in [0.4, 0.5) is 0 Å². The number of allylic oxidation sites excluding steroid dienone is 2. The fraction of sp³-hybridized carbons (Fsp3) is 0.524. The van der Waals surface area contributed by atoms with Crippen molar-refractivity contribution in [1.82, 2.24) is 0 Å². The minimum atomic E-state index is -2.04. The predicted octanol–water partition coefficient (Wildman–Crippen LogP) is 3.56. The lowest BCUT2D eigenvalue weighted by molar-refractivity contribution is -0.123. The number of fused-ring (bicyclic) bond motifs is 4.